The molecule has 7 rings (SSSR count). The lowest BCUT2D eigenvalue weighted by atomic mass is 9.95. The van der Waals surface area contributed by atoms with E-state index in [2.05, 4.69) is 175 Å². The monoisotopic (exact) mass is 787 g/mol. The number of hydrogen-bond donors (Lipinski definition) is 1. The molecule has 0 saturated carbocycles. The van der Waals surface area contributed by atoms with Crippen molar-refractivity contribution in [1.29, 1.82) is 0 Å². The number of fused-ring (bicyclic) bond motifs is 1. The summed E-state index contributed by atoms with van der Waals surface area (Å²) in [6.45, 7) is 16.3. The van der Waals surface area contributed by atoms with Gasteiger partial charge in [0.2, 0.25) is 0 Å². The van der Waals surface area contributed by atoms with Crippen LogP contribution in [-0.2, 0) is 7.05 Å². The van der Waals surface area contributed by atoms with E-state index in [0.717, 1.165) is 48.7 Å². The van der Waals surface area contributed by atoms with E-state index in [1.54, 1.807) is 6.08 Å². The Balaban J connectivity index is 0.000000279. The summed E-state index contributed by atoms with van der Waals surface area (Å²) in [6, 6.07) is 36.8. The minimum absolute atomic E-state index is 0.131. The molecule has 2 heterocycles. The van der Waals surface area contributed by atoms with Gasteiger partial charge in [-0.05, 0) is 91.8 Å². The van der Waals surface area contributed by atoms with E-state index in [1.807, 2.05) is 72.4 Å². The second kappa shape index (κ2) is 21.7. The maximum atomic E-state index is 4.60. The molecule has 0 saturated heterocycles. The first-order valence-corrected chi connectivity index (χ1v) is 20.8. The molecule has 302 valence electrons. The summed E-state index contributed by atoms with van der Waals surface area (Å²) in [7, 11) is 1.91. The topological polar surface area (TPSA) is 46.0 Å². The molecule has 5 heteroatoms. The van der Waals surface area contributed by atoms with E-state index in [9.17, 15) is 0 Å². The molecule has 0 amide bonds. The molecule has 2 aliphatic rings. The standard InChI is InChI=1S/C40H40N2.C15H17N3/c1-4-6-8-9-15-27-41-39-26-23-34(30-38(39)32-17-11-10-12-18-32)33(16-7-5-2)28-37-29-35-19-13-14-20-40(35)42(37)36-24-21-31(3)22-25-36;1-4-9-12(5-2)14-16-15(18(3)17-14)13-10-7-6-8-11-13/h4-15,17-19,21-26,28-30,40-41H,1,16,20,27H2,2-3H3;4-8,10-12H,1-2,9H2,3H3/b7-5?,8-6-,15-9-,33-28+;/t40-;/m1./s1. The fraction of sp³-hybridized carbons (Fsp3) is 0.164. The van der Waals surface area contributed by atoms with Gasteiger partial charge in [0.25, 0.3) is 0 Å². The van der Waals surface area contributed by atoms with Crippen molar-refractivity contribution in [2.24, 2.45) is 7.05 Å². The van der Waals surface area contributed by atoms with Gasteiger partial charge in [0.1, 0.15) is 0 Å². The van der Waals surface area contributed by atoms with Gasteiger partial charge in [-0.1, -0.05) is 164 Å². The third kappa shape index (κ3) is 10.9. The van der Waals surface area contributed by atoms with Gasteiger partial charge in [-0.3, -0.25) is 0 Å². The Morgan fingerprint density at radius 1 is 0.883 bits per heavy atom. The van der Waals surface area contributed by atoms with Crippen molar-refractivity contribution in [1.82, 2.24) is 14.8 Å². The fourth-order valence-corrected chi connectivity index (χ4v) is 7.38. The molecule has 4 aromatic carbocycles. The summed E-state index contributed by atoms with van der Waals surface area (Å²) in [6.07, 6.45) is 32.2. The second-order valence-electron chi connectivity index (χ2n) is 14.8. The third-order valence-corrected chi connectivity index (χ3v) is 10.5. The molecule has 1 N–H and O–H groups in total. The van der Waals surface area contributed by atoms with Crippen LogP contribution >= 0.6 is 0 Å². The van der Waals surface area contributed by atoms with Gasteiger partial charge in [-0.25, -0.2) is 9.67 Å². The highest BCUT2D eigenvalue weighted by Crippen LogP contribution is 2.39. The highest BCUT2D eigenvalue weighted by Gasteiger charge is 2.30. The van der Waals surface area contributed by atoms with Crippen LogP contribution in [-0.4, -0.2) is 27.4 Å². The molecule has 5 aromatic rings. The molecule has 5 nitrogen and oxygen atoms in total. The van der Waals surface area contributed by atoms with Gasteiger partial charge >= 0.3 is 0 Å². The average molecular weight is 788 g/mol. The SMILES string of the molecule is C=C/C=C\C=C/CNc1ccc(/C(=C/C2=CC3=CC=CC[C@H]3N2c2ccc(C)cc2)CC=CC)cc1-c1ccccc1.C=CCC(C=C)c1nc(-c2ccccc2)n(C)n1. The minimum atomic E-state index is 0.131. The van der Waals surface area contributed by atoms with Crippen LogP contribution in [0, 0.1) is 6.92 Å². The summed E-state index contributed by atoms with van der Waals surface area (Å²) in [4.78, 5) is 7.11. The van der Waals surface area contributed by atoms with Gasteiger partial charge in [0.05, 0.1) is 6.04 Å². The Morgan fingerprint density at radius 2 is 1.63 bits per heavy atom. The number of anilines is 2. The van der Waals surface area contributed by atoms with E-state index >= 15 is 0 Å². The second-order valence-corrected chi connectivity index (χ2v) is 14.8. The molecule has 0 fully saturated rings. The third-order valence-electron chi connectivity index (χ3n) is 10.5. The van der Waals surface area contributed by atoms with Crippen LogP contribution in [0.15, 0.2) is 219 Å². The van der Waals surface area contributed by atoms with Gasteiger partial charge in [0.15, 0.2) is 11.6 Å². The zero-order valence-corrected chi connectivity index (χ0v) is 35.3. The highest BCUT2D eigenvalue weighted by atomic mass is 15.3. The lowest BCUT2D eigenvalue weighted by molar-refractivity contribution is 0.716. The summed E-state index contributed by atoms with van der Waals surface area (Å²) in [5.41, 5.74) is 12.2. The average Bonchev–Trinajstić information content (AvgIpc) is 3.86. The quantitative estimate of drug-likeness (QED) is 0.0799. The maximum Gasteiger partial charge on any atom is 0.158 e. The summed E-state index contributed by atoms with van der Waals surface area (Å²) >= 11 is 0. The molecule has 1 aliphatic carbocycles. The van der Waals surface area contributed by atoms with Crippen LogP contribution < -0.4 is 10.2 Å². The van der Waals surface area contributed by atoms with Crippen molar-refractivity contribution in [3.63, 3.8) is 0 Å². The molecule has 0 spiro atoms. The molecule has 1 aliphatic heterocycles. The van der Waals surface area contributed by atoms with E-state index in [0.29, 0.717) is 6.04 Å². The van der Waals surface area contributed by atoms with E-state index in [-0.39, 0.29) is 5.92 Å². The largest absolute Gasteiger partial charge is 0.381 e. The van der Waals surface area contributed by atoms with Gasteiger partial charge in [-0.2, -0.15) is 5.10 Å². The Labute approximate surface area is 357 Å². The summed E-state index contributed by atoms with van der Waals surface area (Å²) < 4.78 is 1.81. The van der Waals surface area contributed by atoms with Crippen LogP contribution in [0.25, 0.3) is 28.1 Å². The van der Waals surface area contributed by atoms with Crippen molar-refractivity contribution in [2.75, 3.05) is 16.8 Å². The van der Waals surface area contributed by atoms with Crippen molar-refractivity contribution < 1.29 is 0 Å². The molecule has 0 radical (unpaired) electrons. The lowest BCUT2D eigenvalue weighted by Gasteiger charge is -2.30. The van der Waals surface area contributed by atoms with Crippen LogP contribution in [0.4, 0.5) is 11.4 Å². The van der Waals surface area contributed by atoms with E-state index < -0.39 is 0 Å². The fourth-order valence-electron chi connectivity index (χ4n) is 7.38. The number of aromatic nitrogens is 3. The molecular weight excluding hydrogens is 731 g/mol. The zero-order chi connectivity index (χ0) is 42.1. The molecule has 1 aromatic heterocycles. The smallest absolute Gasteiger partial charge is 0.158 e. The highest BCUT2D eigenvalue weighted by molar-refractivity contribution is 5.84. The minimum Gasteiger partial charge on any atom is -0.381 e. The number of nitrogens with one attached hydrogen (secondary N) is 1. The Kier molecular flexibility index (Phi) is 15.4. The van der Waals surface area contributed by atoms with E-state index in [4.69, 9.17) is 0 Å². The Bertz CT molecular complexity index is 2440. The van der Waals surface area contributed by atoms with Crippen LogP contribution in [0.2, 0.25) is 0 Å². The van der Waals surface area contributed by atoms with Crippen molar-refractivity contribution in [3.05, 3.63) is 236 Å². The normalized spacial score (nSPS) is 15.3. The number of allylic oxidation sites excluding steroid dienone is 12. The number of rotatable bonds is 16. The molecule has 60 heavy (non-hydrogen) atoms. The predicted molar refractivity (Wildman–Crippen MR) is 258 cm³/mol. The zero-order valence-electron chi connectivity index (χ0n) is 35.3. The Morgan fingerprint density at radius 3 is 2.33 bits per heavy atom. The number of benzene rings is 4. The van der Waals surface area contributed by atoms with Crippen molar-refractivity contribution in [2.45, 2.75) is 45.1 Å². The summed E-state index contributed by atoms with van der Waals surface area (Å²) in [5.74, 6) is 1.80. The van der Waals surface area contributed by atoms with Gasteiger partial charge in [-0.15, -0.1) is 13.2 Å². The molecule has 0 bridgehead atoms. The lowest BCUT2D eigenvalue weighted by Crippen LogP contribution is -2.30. The maximum absolute atomic E-state index is 4.60. The van der Waals surface area contributed by atoms with Crippen LogP contribution in [0.3, 0.4) is 0 Å². The molecule has 2 atom stereocenters. The van der Waals surface area contributed by atoms with E-state index in [1.165, 1.54) is 44.8 Å². The van der Waals surface area contributed by atoms with Crippen LogP contribution in [0.1, 0.15) is 49.1 Å². The van der Waals surface area contributed by atoms with Gasteiger partial charge in [0, 0.05) is 47.7 Å². The first-order chi connectivity index (χ1) is 29.4. The van der Waals surface area contributed by atoms with Gasteiger partial charge < -0.3 is 10.2 Å². The first kappa shape index (κ1) is 42.6. The molecule has 1 unspecified atom stereocenters. The van der Waals surface area contributed by atoms with Crippen LogP contribution in [0.5, 0.6) is 0 Å². The summed E-state index contributed by atoms with van der Waals surface area (Å²) in [5, 5.41) is 8.09. The number of nitrogens with zero attached hydrogens (tertiary/aromatic N) is 4. The van der Waals surface area contributed by atoms with Crippen molar-refractivity contribution in [3.8, 4) is 22.5 Å². The Hall–Kier alpha value is -6.98. The number of aryl methyl sites for hydroxylation is 2. The number of hydrogen-bond acceptors (Lipinski definition) is 4. The first-order valence-electron chi connectivity index (χ1n) is 20.8. The van der Waals surface area contributed by atoms with Crippen molar-refractivity contribution >= 4 is 16.9 Å². The predicted octanol–water partition coefficient (Wildman–Crippen LogP) is 13.7. The molecular formula is C55H57N5.